The Bertz CT molecular complexity index is 1320. The summed E-state index contributed by atoms with van der Waals surface area (Å²) < 4.78 is 50.3. The number of carbonyl (C=O) groups excluding carboxylic acids is 1. The fourth-order valence-corrected chi connectivity index (χ4v) is 5.14. The van der Waals surface area contributed by atoms with E-state index in [0.717, 1.165) is 33.9 Å². The first-order valence-corrected chi connectivity index (χ1v) is 13.1. The lowest BCUT2D eigenvalue weighted by Crippen LogP contribution is -2.39. The molecule has 3 aromatic rings. The number of nitrogens with one attached hydrogen (secondary N) is 1. The van der Waals surface area contributed by atoms with Crippen molar-refractivity contribution in [3.63, 3.8) is 0 Å². The van der Waals surface area contributed by atoms with E-state index in [4.69, 9.17) is 9.47 Å². The lowest BCUT2D eigenvalue weighted by Gasteiger charge is -2.34. The molecule has 1 fully saturated rings. The molecule has 206 valence electrons. The number of alkyl halides is 3. The molecule has 2 heterocycles. The van der Waals surface area contributed by atoms with E-state index in [1.54, 1.807) is 12.0 Å². The summed E-state index contributed by atoms with van der Waals surface area (Å²) in [6, 6.07) is 19.2. The van der Waals surface area contributed by atoms with E-state index < -0.39 is 12.1 Å². The molecule has 39 heavy (non-hydrogen) atoms. The average Bonchev–Trinajstić information content (AvgIpc) is 3.07. The van der Waals surface area contributed by atoms with E-state index in [0.29, 0.717) is 37.7 Å². The molecule has 5 rings (SSSR count). The summed E-state index contributed by atoms with van der Waals surface area (Å²) in [6.45, 7) is 3.48. The number of halogens is 3. The van der Waals surface area contributed by atoms with Crippen LogP contribution in [0.3, 0.4) is 0 Å². The monoisotopic (exact) mass is 539 g/mol. The minimum absolute atomic E-state index is 0.00372. The number of ether oxygens (including phenoxy) is 2. The van der Waals surface area contributed by atoms with Gasteiger partial charge in [-0.3, -0.25) is 4.79 Å². The number of anilines is 4. The number of piperidine rings is 1. The largest absolute Gasteiger partial charge is 0.497 e. The zero-order valence-electron chi connectivity index (χ0n) is 22.1. The van der Waals surface area contributed by atoms with Gasteiger partial charge in [-0.1, -0.05) is 12.1 Å². The maximum atomic E-state index is 13.0. The molecule has 1 saturated heterocycles. The SMILES string of the molecule is COc1ccc(CN2C(=O)CCOc3cc(Nc4ccc(N5CCC(C(F)(F)F)CC5)cc4C)ccc32)cc1. The molecule has 0 saturated carbocycles. The van der Waals surface area contributed by atoms with Crippen LogP contribution in [0.1, 0.15) is 30.4 Å². The molecule has 9 heteroatoms. The summed E-state index contributed by atoms with van der Waals surface area (Å²) in [5.74, 6) is 0.167. The second kappa shape index (κ2) is 11.1. The van der Waals surface area contributed by atoms with Gasteiger partial charge in [-0.2, -0.15) is 13.2 Å². The van der Waals surface area contributed by atoms with Crippen LogP contribution < -0.4 is 24.6 Å². The first-order valence-electron chi connectivity index (χ1n) is 13.1. The van der Waals surface area contributed by atoms with Crippen molar-refractivity contribution in [1.82, 2.24) is 0 Å². The summed E-state index contributed by atoms with van der Waals surface area (Å²) >= 11 is 0. The van der Waals surface area contributed by atoms with Crippen molar-refractivity contribution in [2.24, 2.45) is 5.92 Å². The Balaban J connectivity index is 1.30. The highest BCUT2D eigenvalue weighted by molar-refractivity contribution is 5.96. The summed E-state index contributed by atoms with van der Waals surface area (Å²) in [5, 5.41) is 3.42. The van der Waals surface area contributed by atoms with E-state index in [9.17, 15) is 18.0 Å². The molecule has 1 N–H and O–H groups in total. The van der Waals surface area contributed by atoms with Gasteiger partial charge in [0.2, 0.25) is 5.91 Å². The van der Waals surface area contributed by atoms with Gasteiger partial charge in [-0.15, -0.1) is 0 Å². The van der Waals surface area contributed by atoms with Crippen molar-refractivity contribution in [1.29, 1.82) is 0 Å². The Kier molecular flexibility index (Phi) is 7.59. The molecule has 3 aromatic carbocycles. The number of nitrogens with zero attached hydrogens (tertiary/aromatic N) is 2. The average molecular weight is 540 g/mol. The number of fused-ring (bicyclic) bond motifs is 1. The lowest BCUT2D eigenvalue weighted by atomic mass is 9.96. The van der Waals surface area contributed by atoms with E-state index in [-0.39, 0.29) is 25.2 Å². The van der Waals surface area contributed by atoms with Crippen molar-refractivity contribution < 1.29 is 27.4 Å². The van der Waals surface area contributed by atoms with Crippen molar-refractivity contribution in [2.75, 3.05) is 41.9 Å². The molecular weight excluding hydrogens is 507 g/mol. The molecule has 0 bridgehead atoms. The highest BCUT2D eigenvalue weighted by atomic mass is 19.4. The first kappa shape index (κ1) is 26.7. The quantitative estimate of drug-likeness (QED) is 0.372. The zero-order valence-corrected chi connectivity index (χ0v) is 22.1. The van der Waals surface area contributed by atoms with Crippen molar-refractivity contribution in [3.05, 3.63) is 71.8 Å². The Hall–Kier alpha value is -3.88. The molecule has 0 radical (unpaired) electrons. The molecule has 0 unspecified atom stereocenters. The number of amides is 1. The number of rotatable bonds is 6. The second-order valence-electron chi connectivity index (χ2n) is 10.0. The van der Waals surface area contributed by atoms with Crippen LogP contribution in [-0.2, 0) is 11.3 Å². The van der Waals surface area contributed by atoms with Crippen LogP contribution >= 0.6 is 0 Å². The third-order valence-electron chi connectivity index (χ3n) is 7.44. The third kappa shape index (κ3) is 6.08. The summed E-state index contributed by atoms with van der Waals surface area (Å²) in [7, 11) is 1.62. The molecule has 2 aliphatic rings. The number of aryl methyl sites for hydroxylation is 1. The van der Waals surface area contributed by atoms with Crippen LogP contribution in [0.2, 0.25) is 0 Å². The van der Waals surface area contributed by atoms with Crippen molar-refractivity contribution in [2.45, 2.75) is 38.9 Å². The third-order valence-corrected chi connectivity index (χ3v) is 7.44. The van der Waals surface area contributed by atoms with Gasteiger partial charge in [-0.25, -0.2) is 0 Å². The minimum atomic E-state index is -4.12. The van der Waals surface area contributed by atoms with Gasteiger partial charge in [0.25, 0.3) is 0 Å². The van der Waals surface area contributed by atoms with Crippen LogP contribution in [0.5, 0.6) is 11.5 Å². The Labute approximate surface area is 226 Å². The summed E-state index contributed by atoms with van der Waals surface area (Å²) in [5.41, 5.74) is 5.32. The number of hydrogen-bond acceptors (Lipinski definition) is 5. The van der Waals surface area contributed by atoms with Gasteiger partial charge in [0.1, 0.15) is 11.5 Å². The van der Waals surface area contributed by atoms with E-state index in [2.05, 4.69) is 5.32 Å². The van der Waals surface area contributed by atoms with Crippen LogP contribution in [0.4, 0.5) is 35.9 Å². The van der Waals surface area contributed by atoms with Crippen molar-refractivity contribution in [3.8, 4) is 11.5 Å². The summed E-state index contributed by atoms with van der Waals surface area (Å²) in [6.07, 6.45) is -3.59. The number of carbonyl (C=O) groups is 1. The molecular formula is C30H32F3N3O3. The van der Waals surface area contributed by atoms with Crippen LogP contribution in [0.15, 0.2) is 60.7 Å². The maximum absolute atomic E-state index is 13.0. The topological polar surface area (TPSA) is 54.0 Å². The van der Waals surface area contributed by atoms with Gasteiger partial charge in [0.15, 0.2) is 0 Å². The highest BCUT2D eigenvalue weighted by Gasteiger charge is 2.41. The fraction of sp³-hybridized carbons (Fsp3) is 0.367. The molecule has 1 amide bonds. The van der Waals surface area contributed by atoms with Gasteiger partial charge in [-0.05, 0) is 73.4 Å². The Morgan fingerprint density at radius 1 is 1.03 bits per heavy atom. The predicted molar refractivity (Wildman–Crippen MR) is 146 cm³/mol. The second-order valence-corrected chi connectivity index (χ2v) is 10.0. The molecule has 2 aliphatic heterocycles. The predicted octanol–water partition coefficient (Wildman–Crippen LogP) is 6.84. The van der Waals surface area contributed by atoms with Gasteiger partial charge in [0, 0.05) is 36.2 Å². The Morgan fingerprint density at radius 3 is 2.44 bits per heavy atom. The van der Waals surface area contributed by atoms with Gasteiger partial charge >= 0.3 is 6.18 Å². The summed E-state index contributed by atoms with van der Waals surface area (Å²) in [4.78, 5) is 16.7. The standard InChI is InChI=1S/C30H32F3N3O3/c1-20-17-24(35-14-11-22(12-15-35)30(31,32)33)6-9-26(20)34-23-5-10-27-28(18-23)39-16-13-29(37)36(27)19-21-3-7-25(38-2)8-4-21/h3-10,17-18,22,34H,11-16,19H2,1-2H3. The van der Waals surface area contributed by atoms with Crippen LogP contribution in [0, 0.1) is 12.8 Å². The fourth-order valence-electron chi connectivity index (χ4n) is 5.14. The molecule has 0 aliphatic carbocycles. The smallest absolute Gasteiger partial charge is 0.391 e. The van der Waals surface area contributed by atoms with E-state index in [1.165, 1.54) is 0 Å². The van der Waals surface area contributed by atoms with Crippen LogP contribution in [0.25, 0.3) is 0 Å². The van der Waals surface area contributed by atoms with E-state index in [1.807, 2.05) is 72.5 Å². The molecule has 0 aromatic heterocycles. The van der Waals surface area contributed by atoms with E-state index >= 15 is 0 Å². The van der Waals surface area contributed by atoms with Crippen LogP contribution in [-0.4, -0.2) is 38.9 Å². The highest BCUT2D eigenvalue weighted by Crippen LogP contribution is 2.38. The van der Waals surface area contributed by atoms with Gasteiger partial charge < -0.3 is 24.6 Å². The normalized spacial score (nSPS) is 16.4. The zero-order chi connectivity index (χ0) is 27.6. The molecule has 6 nitrogen and oxygen atoms in total. The number of benzene rings is 3. The number of methoxy groups -OCH3 is 1. The molecule has 0 spiro atoms. The van der Waals surface area contributed by atoms with Gasteiger partial charge in [0.05, 0.1) is 38.3 Å². The Morgan fingerprint density at radius 2 is 1.77 bits per heavy atom. The maximum Gasteiger partial charge on any atom is 0.391 e. The molecule has 0 atom stereocenters. The first-order chi connectivity index (χ1) is 18.7. The lowest BCUT2D eigenvalue weighted by molar-refractivity contribution is -0.179. The van der Waals surface area contributed by atoms with Crippen molar-refractivity contribution >= 4 is 28.7 Å². The minimum Gasteiger partial charge on any atom is -0.497 e. The number of hydrogen-bond donors (Lipinski definition) is 1.